The second-order valence-corrected chi connectivity index (χ2v) is 5.08. The summed E-state index contributed by atoms with van der Waals surface area (Å²) < 4.78 is 0. The maximum Gasteiger partial charge on any atom is 0.0991 e. The molecule has 2 aromatic carbocycles. The molecule has 0 fully saturated rings. The van der Waals surface area contributed by atoms with E-state index >= 15 is 0 Å². The Bertz CT molecular complexity index is 582. The predicted octanol–water partition coefficient (Wildman–Crippen LogP) is 3.85. The van der Waals surface area contributed by atoms with E-state index in [1.54, 1.807) is 11.8 Å². The summed E-state index contributed by atoms with van der Waals surface area (Å²) in [5, 5.41) is 8.74. The molecule has 0 spiro atoms. The first kappa shape index (κ1) is 12.5. The molecule has 0 aliphatic rings. The van der Waals surface area contributed by atoms with Crippen LogP contribution in [0.25, 0.3) is 0 Å². The lowest BCUT2D eigenvalue weighted by Gasteiger charge is -2.07. The van der Waals surface area contributed by atoms with Crippen LogP contribution < -0.4 is 5.73 Å². The Morgan fingerprint density at radius 3 is 2.44 bits per heavy atom. The van der Waals surface area contributed by atoms with Crippen molar-refractivity contribution in [1.82, 2.24) is 0 Å². The van der Waals surface area contributed by atoms with Crippen molar-refractivity contribution in [3.05, 3.63) is 53.6 Å². The van der Waals surface area contributed by atoms with Crippen LogP contribution in [-0.4, -0.2) is 0 Å². The Kier molecular flexibility index (Phi) is 3.91. The van der Waals surface area contributed by atoms with Crippen LogP contribution in [0.2, 0.25) is 0 Å². The quantitative estimate of drug-likeness (QED) is 0.846. The first-order valence-electron chi connectivity index (χ1n) is 5.79. The second-order valence-electron chi connectivity index (χ2n) is 3.96. The molecule has 0 atom stereocenters. The minimum absolute atomic E-state index is 0.675. The average Bonchev–Trinajstić information content (AvgIpc) is 2.42. The lowest BCUT2D eigenvalue weighted by Crippen LogP contribution is -1.91. The van der Waals surface area contributed by atoms with E-state index in [-0.39, 0.29) is 0 Å². The standard InChI is InChI=1S/C15H14N2S/c1-2-11-5-8-15(14(17)9-11)18-13-6-3-12(10-16)4-7-13/h3-9H,2,17H2,1H3. The van der Waals surface area contributed by atoms with E-state index in [9.17, 15) is 0 Å². The summed E-state index contributed by atoms with van der Waals surface area (Å²) in [4.78, 5) is 2.14. The highest BCUT2D eigenvalue weighted by Gasteiger charge is 2.03. The summed E-state index contributed by atoms with van der Waals surface area (Å²) in [6, 6.07) is 15.8. The van der Waals surface area contributed by atoms with Crippen molar-refractivity contribution in [2.75, 3.05) is 5.73 Å². The highest BCUT2D eigenvalue weighted by molar-refractivity contribution is 7.99. The fourth-order valence-corrected chi connectivity index (χ4v) is 2.47. The molecule has 2 N–H and O–H groups in total. The third kappa shape index (κ3) is 2.85. The van der Waals surface area contributed by atoms with E-state index in [1.165, 1.54) is 5.56 Å². The monoisotopic (exact) mass is 254 g/mol. The van der Waals surface area contributed by atoms with Gasteiger partial charge in [-0.3, -0.25) is 0 Å². The minimum Gasteiger partial charge on any atom is -0.398 e. The fourth-order valence-electron chi connectivity index (χ4n) is 1.64. The molecule has 3 heteroatoms. The SMILES string of the molecule is CCc1ccc(Sc2ccc(C#N)cc2)c(N)c1. The normalized spacial score (nSPS) is 10.0. The molecule has 90 valence electrons. The largest absolute Gasteiger partial charge is 0.398 e. The molecule has 0 radical (unpaired) electrons. The lowest BCUT2D eigenvalue weighted by atomic mass is 10.1. The summed E-state index contributed by atoms with van der Waals surface area (Å²) in [5.74, 6) is 0. The number of hydrogen-bond donors (Lipinski definition) is 1. The molecular formula is C15H14N2S. The Morgan fingerprint density at radius 2 is 1.89 bits per heavy atom. The molecule has 2 rings (SSSR count). The van der Waals surface area contributed by atoms with Crippen LogP contribution in [0, 0.1) is 11.3 Å². The number of rotatable bonds is 3. The van der Waals surface area contributed by atoms with Gasteiger partial charge in [0.2, 0.25) is 0 Å². The van der Waals surface area contributed by atoms with Gasteiger partial charge in [-0.2, -0.15) is 5.26 Å². The van der Waals surface area contributed by atoms with Gasteiger partial charge in [-0.1, -0.05) is 24.8 Å². The van der Waals surface area contributed by atoms with Crippen LogP contribution in [0.15, 0.2) is 52.3 Å². The van der Waals surface area contributed by atoms with Gasteiger partial charge in [-0.25, -0.2) is 0 Å². The van der Waals surface area contributed by atoms with Gasteiger partial charge < -0.3 is 5.73 Å². The molecule has 0 aliphatic heterocycles. The molecule has 0 unspecified atom stereocenters. The van der Waals surface area contributed by atoms with Crippen molar-refractivity contribution >= 4 is 17.4 Å². The van der Waals surface area contributed by atoms with Gasteiger partial charge in [0.05, 0.1) is 11.6 Å². The van der Waals surface area contributed by atoms with Gasteiger partial charge in [0.15, 0.2) is 0 Å². The van der Waals surface area contributed by atoms with E-state index < -0.39 is 0 Å². The number of nitrogens with two attached hydrogens (primary N) is 1. The predicted molar refractivity (Wildman–Crippen MR) is 75.5 cm³/mol. The van der Waals surface area contributed by atoms with Gasteiger partial charge in [0.25, 0.3) is 0 Å². The highest BCUT2D eigenvalue weighted by Crippen LogP contribution is 2.32. The molecule has 0 aromatic heterocycles. The Balaban J connectivity index is 2.20. The number of anilines is 1. The smallest absolute Gasteiger partial charge is 0.0991 e. The molecule has 0 bridgehead atoms. The zero-order valence-electron chi connectivity index (χ0n) is 10.2. The van der Waals surface area contributed by atoms with Gasteiger partial charge in [0, 0.05) is 15.5 Å². The van der Waals surface area contributed by atoms with Gasteiger partial charge in [-0.15, -0.1) is 0 Å². The highest BCUT2D eigenvalue weighted by atomic mass is 32.2. The lowest BCUT2D eigenvalue weighted by molar-refractivity contribution is 1.13. The Labute approximate surface area is 111 Å². The second kappa shape index (κ2) is 5.61. The molecular weight excluding hydrogens is 240 g/mol. The van der Waals surface area contributed by atoms with Crippen LogP contribution in [0.4, 0.5) is 5.69 Å². The zero-order valence-corrected chi connectivity index (χ0v) is 11.0. The summed E-state index contributed by atoms with van der Waals surface area (Å²) in [7, 11) is 0. The number of nitrogen functional groups attached to an aromatic ring is 1. The van der Waals surface area contributed by atoms with Crippen molar-refractivity contribution in [3.8, 4) is 6.07 Å². The van der Waals surface area contributed by atoms with Crippen molar-refractivity contribution < 1.29 is 0 Å². The van der Waals surface area contributed by atoms with Crippen LogP contribution in [-0.2, 0) is 6.42 Å². The zero-order chi connectivity index (χ0) is 13.0. The van der Waals surface area contributed by atoms with E-state index in [0.29, 0.717) is 5.56 Å². The first-order chi connectivity index (χ1) is 8.72. The van der Waals surface area contributed by atoms with Gasteiger partial charge in [0.1, 0.15) is 0 Å². The molecule has 18 heavy (non-hydrogen) atoms. The molecule has 0 amide bonds. The van der Waals surface area contributed by atoms with Crippen molar-refractivity contribution in [2.45, 2.75) is 23.1 Å². The number of nitriles is 1. The molecule has 2 nitrogen and oxygen atoms in total. The summed E-state index contributed by atoms with van der Waals surface area (Å²) in [6.45, 7) is 2.11. The number of hydrogen-bond acceptors (Lipinski definition) is 3. The van der Waals surface area contributed by atoms with Gasteiger partial charge in [-0.05, 0) is 48.4 Å². The van der Waals surface area contributed by atoms with Crippen LogP contribution >= 0.6 is 11.8 Å². The number of nitrogens with zero attached hydrogens (tertiary/aromatic N) is 1. The number of benzene rings is 2. The average molecular weight is 254 g/mol. The molecule has 0 saturated heterocycles. The van der Waals surface area contributed by atoms with Gasteiger partial charge >= 0.3 is 0 Å². The van der Waals surface area contributed by atoms with Crippen LogP contribution in [0.3, 0.4) is 0 Å². The van der Waals surface area contributed by atoms with Crippen molar-refractivity contribution in [3.63, 3.8) is 0 Å². The third-order valence-corrected chi connectivity index (χ3v) is 3.79. The molecule has 0 heterocycles. The summed E-state index contributed by atoms with van der Waals surface area (Å²) in [5.41, 5.74) is 8.76. The first-order valence-corrected chi connectivity index (χ1v) is 6.61. The topological polar surface area (TPSA) is 49.8 Å². The maximum absolute atomic E-state index is 8.74. The van der Waals surface area contributed by atoms with Crippen LogP contribution in [0.1, 0.15) is 18.1 Å². The fraction of sp³-hybridized carbons (Fsp3) is 0.133. The van der Waals surface area contributed by atoms with Crippen molar-refractivity contribution in [2.24, 2.45) is 0 Å². The summed E-state index contributed by atoms with van der Waals surface area (Å²) >= 11 is 1.62. The molecule has 0 aliphatic carbocycles. The Morgan fingerprint density at radius 1 is 1.17 bits per heavy atom. The van der Waals surface area contributed by atoms with E-state index in [4.69, 9.17) is 11.0 Å². The van der Waals surface area contributed by atoms with E-state index in [0.717, 1.165) is 21.9 Å². The summed E-state index contributed by atoms with van der Waals surface area (Å²) in [6.07, 6.45) is 0.992. The minimum atomic E-state index is 0.675. The molecule has 0 saturated carbocycles. The van der Waals surface area contributed by atoms with Crippen LogP contribution in [0.5, 0.6) is 0 Å². The van der Waals surface area contributed by atoms with E-state index in [1.807, 2.05) is 30.3 Å². The Hall–Kier alpha value is -1.92. The molecule has 2 aromatic rings. The van der Waals surface area contributed by atoms with Crippen molar-refractivity contribution in [1.29, 1.82) is 5.26 Å². The third-order valence-electron chi connectivity index (χ3n) is 2.69. The number of aryl methyl sites for hydroxylation is 1. The maximum atomic E-state index is 8.74. The van der Waals surface area contributed by atoms with E-state index in [2.05, 4.69) is 25.1 Å².